The molecule has 2 nitrogen and oxygen atoms in total. The zero-order valence-corrected chi connectivity index (χ0v) is 11.2. The van der Waals surface area contributed by atoms with Gasteiger partial charge in [0.15, 0.2) is 0 Å². The summed E-state index contributed by atoms with van der Waals surface area (Å²) >= 11 is 0. The maximum atomic E-state index is 5.53. The first-order valence-corrected chi connectivity index (χ1v) is 6.78. The standard InChI is InChI=1S/C15H25NO/c1-3-5-12-17-13-11-16-15-10-7-6-9-14(15)8-4-2/h6-7,9-10,16H,3-5,8,11-13H2,1-2H3. The molecule has 0 spiro atoms. The van der Waals surface area contributed by atoms with Gasteiger partial charge in [-0.2, -0.15) is 0 Å². The van der Waals surface area contributed by atoms with Gasteiger partial charge in [-0.25, -0.2) is 0 Å². The lowest BCUT2D eigenvalue weighted by Crippen LogP contribution is -2.11. The van der Waals surface area contributed by atoms with E-state index in [2.05, 4.69) is 43.4 Å². The number of hydrogen-bond acceptors (Lipinski definition) is 2. The predicted molar refractivity (Wildman–Crippen MR) is 74.7 cm³/mol. The van der Waals surface area contributed by atoms with E-state index in [1.54, 1.807) is 0 Å². The van der Waals surface area contributed by atoms with E-state index in [1.807, 2.05) is 0 Å². The van der Waals surface area contributed by atoms with Gasteiger partial charge in [0.25, 0.3) is 0 Å². The van der Waals surface area contributed by atoms with Crippen molar-refractivity contribution in [2.45, 2.75) is 39.5 Å². The average Bonchev–Trinajstić information content (AvgIpc) is 2.36. The Bertz CT molecular complexity index is 299. The summed E-state index contributed by atoms with van der Waals surface area (Å²) in [4.78, 5) is 0. The molecule has 1 aromatic carbocycles. The van der Waals surface area contributed by atoms with Crippen LogP contribution in [0.5, 0.6) is 0 Å². The monoisotopic (exact) mass is 235 g/mol. The first-order chi connectivity index (χ1) is 8.38. The molecule has 1 N–H and O–H groups in total. The first-order valence-electron chi connectivity index (χ1n) is 6.78. The van der Waals surface area contributed by atoms with Gasteiger partial charge in [-0.3, -0.25) is 0 Å². The SMILES string of the molecule is CCCCOCCNc1ccccc1CCC. The third-order valence-corrected chi connectivity index (χ3v) is 2.74. The molecule has 1 rings (SSSR count). The number of anilines is 1. The van der Waals surface area contributed by atoms with Crippen LogP contribution in [0.15, 0.2) is 24.3 Å². The lowest BCUT2D eigenvalue weighted by molar-refractivity contribution is 0.141. The summed E-state index contributed by atoms with van der Waals surface area (Å²) in [5, 5.41) is 3.45. The number of benzene rings is 1. The molecule has 0 bridgehead atoms. The van der Waals surface area contributed by atoms with Crippen molar-refractivity contribution in [3.8, 4) is 0 Å². The fraction of sp³-hybridized carbons (Fsp3) is 0.600. The minimum Gasteiger partial charge on any atom is -0.383 e. The third-order valence-electron chi connectivity index (χ3n) is 2.74. The Morgan fingerprint density at radius 1 is 1.06 bits per heavy atom. The number of nitrogens with one attached hydrogen (secondary N) is 1. The van der Waals surface area contributed by atoms with Crippen molar-refractivity contribution in [3.63, 3.8) is 0 Å². The highest BCUT2D eigenvalue weighted by Gasteiger charge is 1.99. The minimum absolute atomic E-state index is 0.792. The van der Waals surface area contributed by atoms with Crippen LogP contribution in [-0.4, -0.2) is 19.8 Å². The Kier molecular flexibility index (Phi) is 7.48. The normalized spacial score (nSPS) is 10.5. The molecule has 0 aliphatic carbocycles. The number of para-hydroxylation sites is 1. The van der Waals surface area contributed by atoms with Crippen molar-refractivity contribution in [1.82, 2.24) is 0 Å². The topological polar surface area (TPSA) is 21.3 Å². The Labute approximate surface area is 105 Å². The molecule has 0 saturated carbocycles. The molecule has 0 atom stereocenters. The van der Waals surface area contributed by atoms with E-state index in [1.165, 1.54) is 24.1 Å². The van der Waals surface area contributed by atoms with Gasteiger partial charge in [-0.1, -0.05) is 44.9 Å². The van der Waals surface area contributed by atoms with Crippen molar-refractivity contribution in [2.75, 3.05) is 25.1 Å². The van der Waals surface area contributed by atoms with E-state index in [-0.39, 0.29) is 0 Å². The zero-order valence-electron chi connectivity index (χ0n) is 11.2. The Morgan fingerprint density at radius 2 is 1.88 bits per heavy atom. The highest BCUT2D eigenvalue weighted by Crippen LogP contribution is 2.16. The van der Waals surface area contributed by atoms with E-state index >= 15 is 0 Å². The second-order valence-corrected chi connectivity index (χ2v) is 4.30. The summed E-state index contributed by atoms with van der Waals surface area (Å²) in [5.74, 6) is 0. The smallest absolute Gasteiger partial charge is 0.0639 e. The van der Waals surface area contributed by atoms with Gasteiger partial charge in [0.05, 0.1) is 6.61 Å². The number of hydrogen-bond donors (Lipinski definition) is 1. The summed E-state index contributed by atoms with van der Waals surface area (Å²) in [5.41, 5.74) is 2.66. The third kappa shape index (κ3) is 5.73. The van der Waals surface area contributed by atoms with Crippen LogP contribution in [0.1, 0.15) is 38.7 Å². The molecule has 0 saturated heterocycles. The Hall–Kier alpha value is -1.02. The van der Waals surface area contributed by atoms with E-state index in [9.17, 15) is 0 Å². The average molecular weight is 235 g/mol. The molecule has 0 heterocycles. The molecule has 2 heteroatoms. The quantitative estimate of drug-likeness (QED) is 0.656. The second-order valence-electron chi connectivity index (χ2n) is 4.30. The van der Waals surface area contributed by atoms with Gasteiger partial charge in [-0.15, -0.1) is 0 Å². The van der Waals surface area contributed by atoms with Crippen LogP contribution in [0.2, 0.25) is 0 Å². The lowest BCUT2D eigenvalue weighted by atomic mass is 10.1. The summed E-state index contributed by atoms with van der Waals surface area (Å²) in [6.07, 6.45) is 4.69. The molecule has 0 aliphatic rings. The molecular weight excluding hydrogens is 210 g/mol. The van der Waals surface area contributed by atoms with E-state index in [0.29, 0.717) is 0 Å². The fourth-order valence-electron chi connectivity index (χ4n) is 1.79. The minimum atomic E-state index is 0.792. The van der Waals surface area contributed by atoms with Gasteiger partial charge in [0.1, 0.15) is 0 Å². The maximum absolute atomic E-state index is 5.53. The molecule has 1 aromatic rings. The molecule has 96 valence electrons. The van der Waals surface area contributed by atoms with Crippen LogP contribution in [0.3, 0.4) is 0 Å². The largest absolute Gasteiger partial charge is 0.383 e. The zero-order chi connectivity index (χ0) is 12.3. The maximum Gasteiger partial charge on any atom is 0.0639 e. The first kappa shape index (κ1) is 14.0. The van der Waals surface area contributed by atoms with E-state index in [4.69, 9.17) is 4.74 Å². The number of ether oxygens (including phenoxy) is 1. The molecular formula is C15H25NO. The molecule has 17 heavy (non-hydrogen) atoms. The van der Waals surface area contributed by atoms with Gasteiger partial charge in [-0.05, 0) is 24.5 Å². The molecule has 0 fully saturated rings. The van der Waals surface area contributed by atoms with Crippen LogP contribution in [0.4, 0.5) is 5.69 Å². The van der Waals surface area contributed by atoms with Crippen molar-refractivity contribution < 1.29 is 4.74 Å². The van der Waals surface area contributed by atoms with Crippen LogP contribution in [0, 0.1) is 0 Å². The second kappa shape index (κ2) is 9.06. The van der Waals surface area contributed by atoms with E-state index < -0.39 is 0 Å². The lowest BCUT2D eigenvalue weighted by Gasteiger charge is -2.11. The van der Waals surface area contributed by atoms with Crippen molar-refractivity contribution >= 4 is 5.69 Å². The molecule has 0 amide bonds. The Balaban J connectivity index is 2.25. The summed E-state index contributed by atoms with van der Waals surface area (Å²) in [7, 11) is 0. The van der Waals surface area contributed by atoms with Crippen LogP contribution < -0.4 is 5.32 Å². The van der Waals surface area contributed by atoms with Gasteiger partial charge in [0.2, 0.25) is 0 Å². The number of rotatable bonds is 9. The number of unbranched alkanes of at least 4 members (excludes halogenated alkanes) is 1. The molecule has 0 aromatic heterocycles. The molecule has 0 radical (unpaired) electrons. The van der Waals surface area contributed by atoms with Crippen LogP contribution >= 0.6 is 0 Å². The summed E-state index contributed by atoms with van der Waals surface area (Å²) in [6, 6.07) is 8.54. The van der Waals surface area contributed by atoms with Crippen molar-refractivity contribution in [2.24, 2.45) is 0 Å². The summed E-state index contributed by atoms with van der Waals surface area (Å²) < 4.78 is 5.53. The van der Waals surface area contributed by atoms with Crippen molar-refractivity contribution in [1.29, 1.82) is 0 Å². The van der Waals surface area contributed by atoms with Crippen LogP contribution in [0.25, 0.3) is 0 Å². The highest BCUT2D eigenvalue weighted by molar-refractivity contribution is 5.51. The number of aryl methyl sites for hydroxylation is 1. The van der Waals surface area contributed by atoms with Gasteiger partial charge in [0, 0.05) is 18.8 Å². The van der Waals surface area contributed by atoms with Gasteiger partial charge < -0.3 is 10.1 Å². The van der Waals surface area contributed by atoms with E-state index in [0.717, 1.165) is 32.6 Å². The molecule has 0 unspecified atom stereocenters. The molecule has 0 aliphatic heterocycles. The highest BCUT2D eigenvalue weighted by atomic mass is 16.5. The van der Waals surface area contributed by atoms with Gasteiger partial charge >= 0.3 is 0 Å². The summed E-state index contributed by atoms with van der Waals surface area (Å²) in [6.45, 7) is 6.97. The van der Waals surface area contributed by atoms with Crippen molar-refractivity contribution in [3.05, 3.63) is 29.8 Å². The Morgan fingerprint density at radius 3 is 2.65 bits per heavy atom. The predicted octanol–water partition coefficient (Wildman–Crippen LogP) is 3.87. The fourth-order valence-corrected chi connectivity index (χ4v) is 1.79. The van der Waals surface area contributed by atoms with Crippen LogP contribution in [-0.2, 0) is 11.2 Å².